The lowest BCUT2D eigenvalue weighted by Crippen LogP contribution is -2.02. The molecule has 0 amide bonds. The van der Waals surface area contributed by atoms with Crippen LogP contribution in [0, 0.1) is 0 Å². The third kappa shape index (κ3) is 11.1. The fourth-order valence-electron chi connectivity index (χ4n) is 0.151. The minimum Gasteiger partial charge on any atom is -0.438 e. The van der Waals surface area contributed by atoms with Gasteiger partial charge in [-0.1, -0.05) is 0 Å². The summed E-state index contributed by atoms with van der Waals surface area (Å²) in [5, 5.41) is 0. The first-order valence-electron chi connectivity index (χ1n) is 2.91. The van der Waals surface area contributed by atoms with Gasteiger partial charge in [-0.15, -0.1) is 0 Å². The Labute approximate surface area is 76.9 Å². The summed E-state index contributed by atoms with van der Waals surface area (Å²) < 4.78 is 35.6. The molecular formula is C5H12O7S. The zero-order valence-corrected chi connectivity index (χ0v) is 8.58. The van der Waals surface area contributed by atoms with Gasteiger partial charge in [0.2, 0.25) is 0 Å². The van der Waals surface area contributed by atoms with Gasteiger partial charge in [-0.3, -0.25) is 8.37 Å². The van der Waals surface area contributed by atoms with E-state index in [0.29, 0.717) is 0 Å². The molecule has 0 aromatic carbocycles. The molecule has 0 saturated heterocycles. The van der Waals surface area contributed by atoms with E-state index in [4.69, 9.17) is 0 Å². The number of carbonyl (C=O) groups is 1. The molecule has 13 heavy (non-hydrogen) atoms. The number of rotatable bonds is 2. The highest BCUT2D eigenvalue weighted by molar-refractivity contribution is 7.81. The van der Waals surface area contributed by atoms with Gasteiger partial charge < -0.3 is 9.47 Å². The van der Waals surface area contributed by atoms with Crippen molar-refractivity contribution in [3.05, 3.63) is 0 Å². The molecular weight excluding hydrogens is 204 g/mol. The van der Waals surface area contributed by atoms with E-state index in [2.05, 4.69) is 17.8 Å². The van der Waals surface area contributed by atoms with Crippen molar-refractivity contribution in [1.29, 1.82) is 0 Å². The molecule has 0 atom stereocenters. The summed E-state index contributed by atoms with van der Waals surface area (Å²) in [6.07, 6.45) is -0.657. The van der Waals surface area contributed by atoms with Crippen molar-refractivity contribution >= 4 is 16.6 Å². The molecule has 7 nitrogen and oxygen atoms in total. The fraction of sp³-hybridized carbons (Fsp3) is 0.800. The van der Waals surface area contributed by atoms with Crippen molar-refractivity contribution in [3.8, 4) is 0 Å². The summed E-state index contributed by atoms with van der Waals surface area (Å²) in [5.41, 5.74) is 0. The van der Waals surface area contributed by atoms with Crippen LogP contribution < -0.4 is 0 Å². The molecule has 0 unspecified atom stereocenters. The molecule has 0 rings (SSSR count). The minimum atomic E-state index is -3.66. The second kappa shape index (κ2) is 7.77. The van der Waals surface area contributed by atoms with Gasteiger partial charge in [-0.05, 0) is 0 Å². The van der Waals surface area contributed by atoms with Crippen molar-refractivity contribution < 1.29 is 31.1 Å². The third-order valence-corrected chi connectivity index (χ3v) is 1.56. The molecule has 0 aliphatic carbocycles. The second-order valence-corrected chi connectivity index (χ2v) is 2.88. The average molecular weight is 216 g/mol. The van der Waals surface area contributed by atoms with E-state index in [0.717, 1.165) is 14.2 Å². The molecule has 0 N–H and O–H groups in total. The number of carbonyl (C=O) groups excluding carboxylic acids is 1. The molecule has 0 spiro atoms. The first-order chi connectivity index (χ1) is 5.93. The molecule has 80 valence electrons. The van der Waals surface area contributed by atoms with Crippen LogP contribution in [0.5, 0.6) is 0 Å². The van der Waals surface area contributed by atoms with Crippen LogP contribution in [0.25, 0.3) is 0 Å². The van der Waals surface area contributed by atoms with Gasteiger partial charge in [0, 0.05) is 0 Å². The van der Waals surface area contributed by atoms with Crippen LogP contribution in [0.2, 0.25) is 0 Å². The van der Waals surface area contributed by atoms with Gasteiger partial charge in [-0.25, -0.2) is 4.79 Å². The molecule has 0 aromatic rings. The maximum Gasteiger partial charge on any atom is 0.507 e. The zero-order valence-electron chi connectivity index (χ0n) is 7.77. The first-order valence-corrected chi connectivity index (χ1v) is 4.25. The number of hydrogen-bond acceptors (Lipinski definition) is 7. The molecule has 0 saturated carbocycles. The molecule has 0 aliphatic rings. The summed E-state index contributed by atoms with van der Waals surface area (Å²) in [7, 11) is 0.907. The Morgan fingerprint density at radius 1 is 0.923 bits per heavy atom. The lowest BCUT2D eigenvalue weighted by molar-refractivity contribution is 0.0924. The van der Waals surface area contributed by atoms with E-state index in [-0.39, 0.29) is 0 Å². The molecule has 0 heterocycles. The summed E-state index contributed by atoms with van der Waals surface area (Å²) in [6, 6.07) is 0. The van der Waals surface area contributed by atoms with E-state index in [9.17, 15) is 13.2 Å². The summed E-state index contributed by atoms with van der Waals surface area (Å²) in [4.78, 5) is 9.74. The van der Waals surface area contributed by atoms with Gasteiger partial charge in [0.15, 0.2) is 0 Å². The maximum atomic E-state index is 9.92. The third-order valence-electron chi connectivity index (χ3n) is 0.742. The van der Waals surface area contributed by atoms with Gasteiger partial charge in [0.05, 0.1) is 28.4 Å². The SMILES string of the molecule is COC(=O)OC.COS(=O)(=O)OC. The van der Waals surface area contributed by atoms with E-state index in [1.807, 2.05) is 0 Å². The molecule has 0 radical (unpaired) electrons. The highest BCUT2D eigenvalue weighted by Gasteiger charge is 2.01. The minimum absolute atomic E-state index is 0.657. The predicted octanol–water partition coefficient (Wildman–Crippen LogP) is -0.0768. The predicted molar refractivity (Wildman–Crippen MR) is 42.4 cm³/mol. The van der Waals surface area contributed by atoms with Crippen LogP contribution in [0.1, 0.15) is 0 Å². The lowest BCUT2D eigenvalue weighted by Gasteiger charge is -1.91. The van der Waals surface area contributed by atoms with Crippen molar-refractivity contribution in [1.82, 2.24) is 0 Å². The Kier molecular flexibility index (Phi) is 8.76. The maximum absolute atomic E-state index is 9.92. The van der Waals surface area contributed by atoms with Crippen LogP contribution in [0.15, 0.2) is 0 Å². The monoisotopic (exact) mass is 216 g/mol. The molecule has 0 aromatic heterocycles. The first kappa shape index (κ1) is 14.7. The van der Waals surface area contributed by atoms with Crippen molar-refractivity contribution in [2.45, 2.75) is 0 Å². The van der Waals surface area contributed by atoms with Crippen molar-refractivity contribution in [2.24, 2.45) is 0 Å². The van der Waals surface area contributed by atoms with Crippen LogP contribution in [-0.4, -0.2) is 43.0 Å². The zero-order chi connectivity index (χ0) is 10.9. The quantitative estimate of drug-likeness (QED) is 0.596. The number of methoxy groups -OCH3 is 2. The van der Waals surface area contributed by atoms with Gasteiger partial charge in [0.25, 0.3) is 0 Å². The van der Waals surface area contributed by atoms with Crippen LogP contribution in [0.3, 0.4) is 0 Å². The van der Waals surface area contributed by atoms with Gasteiger partial charge >= 0.3 is 16.6 Å². The van der Waals surface area contributed by atoms with E-state index in [1.54, 1.807) is 0 Å². The summed E-state index contributed by atoms with van der Waals surface area (Å²) in [5.74, 6) is 0. The Bertz CT molecular complexity index is 203. The van der Waals surface area contributed by atoms with Crippen molar-refractivity contribution in [2.75, 3.05) is 28.4 Å². The lowest BCUT2D eigenvalue weighted by atomic mass is 11.3. The van der Waals surface area contributed by atoms with E-state index >= 15 is 0 Å². The van der Waals surface area contributed by atoms with Gasteiger partial charge in [-0.2, -0.15) is 8.42 Å². The highest BCUT2D eigenvalue weighted by atomic mass is 32.3. The Morgan fingerprint density at radius 3 is 1.23 bits per heavy atom. The van der Waals surface area contributed by atoms with Crippen LogP contribution in [0.4, 0.5) is 4.79 Å². The summed E-state index contributed by atoms with van der Waals surface area (Å²) in [6.45, 7) is 0. The normalized spacial score (nSPS) is 9.54. The Balaban J connectivity index is 0. The Morgan fingerprint density at radius 2 is 1.23 bits per heavy atom. The second-order valence-electron chi connectivity index (χ2n) is 1.40. The molecule has 0 aliphatic heterocycles. The fourth-order valence-corrected chi connectivity index (χ4v) is 0.287. The molecule has 0 bridgehead atoms. The van der Waals surface area contributed by atoms with E-state index in [1.165, 1.54) is 14.2 Å². The number of ether oxygens (including phenoxy) is 2. The van der Waals surface area contributed by atoms with Crippen molar-refractivity contribution in [3.63, 3.8) is 0 Å². The molecule has 0 fully saturated rings. The topological polar surface area (TPSA) is 88.1 Å². The number of hydrogen-bond donors (Lipinski definition) is 0. The van der Waals surface area contributed by atoms with Gasteiger partial charge in [0.1, 0.15) is 0 Å². The highest BCUT2D eigenvalue weighted by Crippen LogP contribution is 1.85. The standard InChI is InChI=1S/C3H6O3.C2H6O4S/c1-5-3(4)6-2;1-5-7(3,4)6-2/h1-2H3;1-2H3. The summed E-state index contributed by atoms with van der Waals surface area (Å²) >= 11 is 0. The largest absolute Gasteiger partial charge is 0.507 e. The van der Waals surface area contributed by atoms with E-state index < -0.39 is 16.6 Å². The molecule has 8 heteroatoms. The Hall–Kier alpha value is -0.860. The average Bonchev–Trinajstić information content (AvgIpc) is 2.17. The smallest absolute Gasteiger partial charge is 0.438 e. The van der Waals surface area contributed by atoms with Crippen LogP contribution in [-0.2, 0) is 28.2 Å². The van der Waals surface area contributed by atoms with Crippen LogP contribution >= 0.6 is 0 Å².